The van der Waals surface area contributed by atoms with E-state index in [9.17, 15) is 9.59 Å². The van der Waals surface area contributed by atoms with Crippen LogP contribution >= 0.6 is 0 Å². The van der Waals surface area contributed by atoms with Gasteiger partial charge in [-0.1, -0.05) is 20.8 Å². The molecular weight excluding hydrogens is 256 g/mol. The summed E-state index contributed by atoms with van der Waals surface area (Å²) < 4.78 is 0. The normalized spacial score (nSPS) is 12.8. The summed E-state index contributed by atoms with van der Waals surface area (Å²) >= 11 is 0. The minimum atomic E-state index is -0.845. The van der Waals surface area contributed by atoms with Crippen LogP contribution in [0.15, 0.2) is 18.2 Å². The zero-order valence-corrected chi connectivity index (χ0v) is 12.4. The lowest BCUT2D eigenvalue weighted by Crippen LogP contribution is -2.36. The molecule has 0 aromatic heterocycles. The number of benzene rings is 1. The van der Waals surface area contributed by atoms with Gasteiger partial charge in [0.2, 0.25) is 5.91 Å². The minimum absolute atomic E-state index is 0.0279. The monoisotopic (exact) mass is 278 g/mol. The van der Waals surface area contributed by atoms with Crippen molar-refractivity contribution in [2.45, 2.75) is 40.2 Å². The molecule has 1 atom stereocenters. The Hall–Kier alpha value is -2.04. The third-order valence-corrected chi connectivity index (χ3v) is 3.26. The first-order valence-corrected chi connectivity index (χ1v) is 6.50. The summed E-state index contributed by atoms with van der Waals surface area (Å²) in [5.74, 6) is -1.31. The number of hydrogen-bond acceptors (Lipinski definition) is 3. The van der Waals surface area contributed by atoms with E-state index in [1.165, 1.54) is 0 Å². The molecule has 1 amide bonds. The molecule has 0 aliphatic rings. The number of carboxylic acids is 1. The predicted octanol–water partition coefficient (Wildman–Crippen LogP) is 2.40. The number of nitrogens with two attached hydrogens (primary N) is 1. The summed E-state index contributed by atoms with van der Waals surface area (Å²) in [7, 11) is 0. The van der Waals surface area contributed by atoms with E-state index in [0.29, 0.717) is 5.56 Å². The lowest BCUT2D eigenvalue weighted by atomic mass is 9.84. The van der Waals surface area contributed by atoms with Crippen molar-refractivity contribution in [3.63, 3.8) is 0 Å². The molecule has 0 saturated heterocycles. The van der Waals surface area contributed by atoms with Gasteiger partial charge in [-0.05, 0) is 36.1 Å². The molecule has 0 aliphatic carbocycles. The van der Waals surface area contributed by atoms with Crippen molar-refractivity contribution in [1.29, 1.82) is 0 Å². The molecule has 0 bridgehead atoms. The van der Waals surface area contributed by atoms with Crippen LogP contribution in [0.3, 0.4) is 0 Å². The molecule has 0 fully saturated rings. The Kier molecular flexibility index (Phi) is 4.76. The van der Waals surface area contributed by atoms with E-state index in [4.69, 9.17) is 10.8 Å². The van der Waals surface area contributed by atoms with Crippen LogP contribution in [0.1, 0.15) is 43.1 Å². The Morgan fingerprint density at radius 1 is 1.35 bits per heavy atom. The van der Waals surface area contributed by atoms with Gasteiger partial charge in [0, 0.05) is 17.3 Å². The standard InChI is InChI=1S/C15H22N2O3/c1-9-7-10(5-6-11(9)14(16)20)17-12(8-13(18)19)15(2,3)4/h5-7,12,17H,8H2,1-4H3,(H2,16,20)(H,18,19). The molecule has 0 heterocycles. The number of nitrogens with one attached hydrogen (secondary N) is 1. The van der Waals surface area contributed by atoms with Gasteiger partial charge in [0.1, 0.15) is 0 Å². The van der Waals surface area contributed by atoms with Gasteiger partial charge in [-0.3, -0.25) is 9.59 Å². The lowest BCUT2D eigenvalue weighted by Gasteiger charge is -2.31. The third-order valence-electron chi connectivity index (χ3n) is 3.26. The molecule has 0 saturated carbocycles. The topological polar surface area (TPSA) is 92.4 Å². The van der Waals surface area contributed by atoms with Crippen LogP contribution in [0.2, 0.25) is 0 Å². The van der Waals surface area contributed by atoms with Gasteiger partial charge in [-0.25, -0.2) is 0 Å². The third kappa shape index (κ3) is 4.26. The summed E-state index contributed by atoms with van der Waals surface area (Å²) in [6.45, 7) is 7.75. The number of aryl methyl sites for hydroxylation is 1. The Bertz CT molecular complexity index is 518. The number of hydrogen-bond donors (Lipinski definition) is 3. The van der Waals surface area contributed by atoms with E-state index in [0.717, 1.165) is 11.3 Å². The fourth-order valence-electron chi connectivity index (χ4n) is 1.98. The maximum Gasteiger partial charge on any atom is 0.305 e. The number of aliphatic carboxylic acids is 1. The maximum atomic E-state index is 11.2. The molecule has 0 aliphatic heterocycles. The fourth-order valence-corrected chi connectivity index (χ4v) is 1.98. The maximum absolute atomic E-state index is 11.2. The van der Waals surface area contributed by atoms with E-state index in [-0.39, 0.29) is 17.9 Å². The van der Waals surface area contributed by atoms with Gasteiger partial charge in [-0.2, -0.15) is 0 Å². The van der Waals surface area contributed by atoms with E-state index in [2.05, 4.69) is 5.32 Å². The molecule has 110 valence electrons. The Morgan fingerprint density at radius 3 is 2.35 bits per heavy atom. The quantitative estimate of drug-likeness (QED) is 0.771. The average Bonchev–Trinajstić information content (AvgIpc) is 2.25. The zero-order chi connectivity index (χ0) is 15.5. The second kappa shape index (κ2) is 5.94. The summed E-state index contributed by atoms with van der Waals surface area (Å²) in [6.07, 6.45) is 0.0279. The van der Waals surface area contributed by atoms with Crippen LogP contribution in [0.5, 0.6) is 0 Å². The first kappa shape index (κ1) is 16.0. The van der Waals surface area contributed by atoms with E-state index < -0.39 is 11.9 Å². The molecule has 0 spiro atoms. The number of primary amides is 1. The summed E-state index contributed by atoms with van der Waals surface area (Å²) in [4.78, 5) is 22.1. The smallest absolute Gasteiger partial charge is 0.305 e. The number of amides is 1. The van der Waals surface area contributed by atoms with Crippen molar-refractivity contribution < 1.29 is 14.7 Å². The Labute approximate surface area is 119 Å². The van der Waals surface area contributed by atoms with Crippen molar-refractivity contribution in [1.82, 2.24) is 0 Å². The minimum Gasteiger partial charge on any atom is -0.481 e. The summed E-state index contributed by atoms with van der Waals surface area (Å²) in [6, 6.07) is 4.99. The largest absolute Gasteiger partial charge is 0.481 e. The number of carbonyl (C=O) groups excluding carboxylic acids is 1. The molecule has 20 heavy (non-hydrogen) atoms. The second-order valence-corrected chi connectivity index (χ2v) is 6.05. The van der Waals surface area contributed by atoms with Crippen molar-refractivity contribution in [2.24, 2.45) is 11.1 Å². The number of anilines is 1. The first-order chi connectivity index (χ1) is 9.11. The van der Waals surface area contributed by atoms with Gasteiger partial charge in [0.05, 0.1) is 6.42 Å². The van der Waals surface area contributed by atoms with Gasteiger partial charge >= 0.3 is 5.97 Å². The second-order valence-electron chi connectivity index (χ2n) is 6.05. The van der Waals surface area contributed by atoms with Gasteiger partial charge in [0.15, 0.2) is 0 Å². The highest BCUT2D eigenvalue weighted by Gasteiger charge is 2.27. The van der Waals surface area contributed by atoms with Gasteiger partial charge in [-0.15, -0.1) is 0 Å². The Balaban J connectivity index is 2.97. The highest BCUT2D eigenvalue weighted by Crippen LogP contribution is 2.26. The van der Waals surface area contributed by atoms with E-state index in [1.807, 2.05) is 20.8 Å². The highest BCUT2D eigenvalue weighted by atomic mass is 16.4. The predicted molar refractivity (Wildman–Crippen MR) is 78.8 cm³/mol. The fraction of sp³-hybridized carbons (Fsp3) is 0.467. The van der Waals surface area contributed by atoms with Crippen molar-refractivity contribution >= 4 is 17.6 Å². The first-order valence-electron chi connectivity index (χ1n) is 6.50. The number of rotatable bonds is 5. The molecule has 1 aromatic rings. The lowest BCUT2D eigenvalue weighted by molar-refractivity contribution is -0.137. The summed E-state index contributed by atoms with van der Waals surface area (Å²) in [5.41, 5.74) is 7.09. The van der Waals surface area contributed by atoms with Gasteiger partial charge in [0.25, 0.3) is 0 Å². The molecule has 5 heteroatoms. The average molecular weight is 278 g/mol. The number of carbonyl (C=O) groups is 2. The molecule has 0 radical (unpaired) electrons. The van der Waals surface area contributed by atoms with E-state index in [1.54, 1.807) is 25.1 Å². The van der Waals surface area contributed by atoms with Crippen LogP contribution in [0, 0.1) is 12.3 Å². The Morgan fingerprint density at radius 2 is 1.95 bits per heavy atom. The molecular formula is C15H22N2O3. The van der Waals surface area contributed by atoms with Gasteiger partial charge < -0.3 is 16.2 Å². The van der Waals surface area contributed by atoms with E-state index >= 15 is 0 Å². The SMILES string of the molecule is Cc1cc(NC(CC(=O)O)C(C)(C)C)ccc1C(N)=O. The summed E-state index contributed by atoms with van der Waals surface area (Å²) in [5, 5.41) is 12.2. The van der Waals surface area contributed by atoms with Crippen LogP contribution in [-0.2, 0) is 4.79 Å². The van der Waals surface area contributed by atoms with Crippen molar-refractivity contribution in [3.05, 3.63) is 29.3 Å². The molecule has 1 unspecified atom stereocenters. The highest BCUT2D eigenvalue weighted by molar-refractivity contribution is 5.94. The molecule has 1 aromatic carbocycles. The van der Waals surface area contributed by atoms with Crippen molar-refractivity contribution in [2.75, 3.05) is 5.32 Å². The zero-order valence-electron chi connectivity index (χ0n) is 12.4. The van der Waals surface area contributed by atoms with Crippen LogP contribution in [0.25, 0.3) is 0 Å². The van der Waals surface area contributed by atoms with Crippen LogP contribution < -0.4 is 11.1 Å². The molecule has 1 rings (SSSR count). The molecule has 4 N–H and O–H groups in total. The van der Waals surface area contributed by atoms with Crippen LogP contribution in [-0.4, -0.2) is 23.0 Å². The van der Waals surface area contributed by atoms with Crippen LogP contribution in [0.4, 0.5) is 5.69 Å². The molecule has 5 nitrogen and oxygen atoms in total. The number of carboxylic acid groups (broad SMARTS) is 1. The van der Waals surface area contributed by atoms with Crippen molar-refractivity contribution in [3.8, 4) is 0 Å².